The van der Waals surface area contributed by atoms with Crippen molar-refractivity contribution in [2.24, 2.45) is 17.8 Å². The molecule has 0 unspecified atom stereocenters. The molecule has 0 saturated heterocycles. The number of esters is 1. The SMILES string of the molecule is CCOC(=O)[C@H]1C2CCC(CC2)[C@@H]1Nc1nc(Cl)ncc1N. The van der Waals surface area contributed by atoms with E-state index in [1.54, 1.807) is 0 Å². The highest BCUT2D eigenvalue weighted by Crippen LogP contribution is 2.46. The molecule has 2 atom stereocenters. The van der Waals surface area contributed by atoms with Crippen LogP contribution in [0.5, 0.6) is 0 Å². The molecule has 2 bridgehead atoms. The number of nitrogen functional groups attached to an aromatic ring is 1. The molecule has 1 aromatic heterocycles. The molecule has 0 aromatic carbocycles. The van der Waals surface area contributed by atoms with Gasteiger partial charge >= 0.3 is 5.97 Å². The zero-order valence-corrected chi connectivity index (χ0v) is 13.3. The first-order valence-electron chi connectivity index (χ1n) is 7.81. The van der Waals surface area contributed by atoms with E-state index >= 15 is 0 Å². The van der Waals surface area contributed by atoms with Crippen LogP contribution < -0.4 is 11.1 Å². The van der Waals surface area contributed by atoms with Crippen LogP contribution in [0.25, 0.3) is 0 Å². The van der Waals surface area contributed by atoms with Gasteiger partial charge in [0.15, 0.2) is 5.82 Å². The molecule has 6 nitrogen and oxygen atoms in total. The fourth-order valence-corrected chi connectivity index (χ4v) is 4.01. The van der Waals surface area contributed by atoms with E-state index in [0.717, 1.165) is 25.7 Å². The third-order valence-corrected chi connectivity index (χ3v) is 5.05. The van der Waals surface area contributed by atoms with E-state index in [1.807, 2.05) is 6.92 Å². The molecule has 0 aliphatic heterocycles. The minimum absolute atomic E-state index is 0.000170. The lowest BCUT2D eigenvalue weighted by Crippen LogP contribution is -2.52. The fraction of sp³-hybridized carbons (Fsp3) is 0.667. The zero-order valence-electron chi connectivity index (χ0n) is 12.6. The molecule has 0 radical (unpaired) electrons. The fourth-order valence-electron chi connectivity index (χ4n) is 3.88. The lowest BCUT2D eigenvalue weighted by molar-refractivity contribution is -0.154. The van der Waals surface area contributed by atoms with Gasteiger partial charge in [-0.2, -0.15) is 4.98 Å². The summed E-state index contributed by atoms with van der Waals surface area (Å²) in [6.07, 6.45) is 5.91. The Hall–Kier alpha value is -1.56. The third-order valence-electron chi connectivity index (χ3n) is 4.87. The average Bonchev–Trinajstić information content (AvgIpc) is 2.52. The highest BCUT2D eigenvalue weighted by molar-refractivity contribution is 6.28. The molecule has 3 aliphatic rings. The van der Waals surface area contributed by atoms with Crippen LogP contribution in [0.2, 0.25) is 5.28 Å². The van der Waals surface area contributed by atoms with Gasteiger partial charge in [0.2, 0.25) is 5.28 Å². The lowest BCUT2D eigenvalue weighted by atomic mass is 9.61. The summed E-state index contributed by atoms with van der Waals surface area (Å²) >= 11 is 5.85. The summed E-state index contributed by atoms with van der Waals surface area (Å²) < 4.78 is 5.29. The maximum atomic E-state index is 12.4. The van der Waals surface area contributed by atoms with E-state index in [2.05, 4.69) is 15.3 Å². The van der Waals surface area contributed by atoms with Gasteiger partial charge in [0, 0.05) is 6.04 Å². The summed E-state index contributed by atoms with van der Waals surface area (Å²) in [4.78, 5) is 20.4. The molecule has 1 heterocycles. The quantitative estimate of drug-likeness (QED) is 0.653. The predicted octanol–water partition coefficient (Wildman–Crippen LogP) is 2.49. The Morgan fingerprint density at radius 3 is 2.77 bits per heavy atom. The molecule has 1 aromatic rings. The maximum Gasteiger partial charge on any atom is 0.311 e. The number of carbonyl (C=O) groups is 1. The van der Waals surface area contributed by atoms with Gasteiger partial charge < -0.3 is 15.8 Å². The number of halogens is 1. The maximum absolute atomic E-state index is 12.4. The number of ether oxygens (including phenoxy) is 1. The first kappa shape index (κ1) is 15.3. The molecular weight excluding hydrogens is 304 g/mol. The molecule has 3 saturated carbocycles. The number of carbonyl (C=O) groups excluding carboxylic acids is 1. The van der Waals surface area contributed by atoms with Crippen molar-refractivity contribution in [2.45, 2.75) is 38.6 Å². The van der Waals surface area contributed by atoms with Crippen LogP contribution in [-0.4, -0.2) is 28.6 Å². The van der Waals surface area contributed by atoms with Gasteiger partial charge in [-0.15, -0.1) is 0 Å². The monoisotopic (exact) mass is 324 g/mol. The number of nitrogens with zero attached hydrogens (tertiary/aromatic N) is 2. The highest BCUT2D eigenvalue weighted by Gasteiger charge is 2.48. The normalized spacial score (nSPS) is 30.1. The Morgan fingerprint density at radius 2 is 2.09 bits per heavy atom. The van der Waals surface area contributed by atoms with Crippen LogP contribution >= 0.6 is 11.6 Å². The van der Waals surface area contributed by atoms with E-state index in [4.69, 9.17) is 22.1 Å². The highest BCUT2D eigenvalue weighted by atomic mass is 35.5. The second-order valence-corrected chi connectivity index (χ2v) is 6.40. The largest absolute Gasteiger partial charge is 0.466 e. The molecule has 4 rings (SSSR count). The number of hydrogen-bond donors (Lipinski definition) is 2. The Labute approximate surface area is 134 Å². The van der Waals surface area contributed by atoms with Crippen molar-refractivity contribution in [2.75, 3.05) is 17.7 Å². The second-order valence-electron chi connectivity index (χ2n) is 6.07. The molecule has 120 valence electrons. The third kappa shape index (κ3) is 2.84. The number of nitrogens with one attached hydrogen (secondary N) is 1. The van der Waals surface area contributed by atoms with Crippen LogP contribution in [0.1, 0.15) is 32.6 Å². The summed E-state index contributed by atoms with van der Waals surface area (Å²) in [7, 11) is 0. The molecule has 0 spiro atoms. The number of aromatic nitrogens is 2. The Bertz CT molecular complexity index is 560. The van der Waals surface area contributed by atoms with Crippen LogP contribution in [0.15, 0.2) is 6.20 Å². The van der Waals surface area contributed by atoms with E-state index in [9.17, 15) is 4.79 Å². The second kappa shape index (κ2) is 6.28. The standard InChI is InChI=1S/C15H21ClN4O2/c1-2-22-14(21)11-8-3-5-9(6-4-8)12(11)19-13-10(17)7-18-15(16)20-13/h7-9,11-12H,2-6,17H2,1H3,(H,18,19,20)/t8?,9?,11-,12-/m0/s1. The molecular formula is C15H21ClN4O2. The number of hydrogen-bond acceptors (Lipinski definition) is 6. The van der Waals surface area contributed by atoms with Crippen LogP contribution in [0, 0.1) is 17.8 Å². The summed E-state index contributed by atoms with van der Waals surface area (Å²) in [5.74, 6) is 1.06. The first-order valence-corrected chi connectivity index (χ1v) is 8.19. The van der Waals surface area contributed by atoms with Crippen molar-refractivity contribution < 1.29 is 9.53 Å². The van der Waals surface area contributed by atoms with Gasteiger partial charge in [-0.25, -0.2) is 4.98 Å². The number of fused-ring (bicyclic) bond motifs is 3. The van der Waals surface area contributed by atoms with Crippen molar-refractivity contribution in [3.63, 3.8) is 0 Å². The smallest absolute Gasteiger partial charge is 0.311 e. The average molecular weight is 325 g/mol. The van der Waals surface area contributed by atoms with Gasteiger partial charge in [0.1, 0.15) is 0 Å². The number of anilines is 2. The number of rotatable bonds is 4. The molecule has 0 amide bonds. The first-order chi connectivity index (χ1) is 10.6. The molecule has 22 heavy (non-hydrogen) atoms. The number of nitrogens with two attached hydrogens (primary N) is 1. The minimum atomic E-state index is -0.138. The zero-order chi connectivity index (χ0) is 15.7. The Balaban J connectivity index is 1.85. The van der Waals surface area contributed by atoms with Crippen molar-refractivity contribution in [1.82, 2.24) is 9.97 Å². The van der Waals surface area contributed by atoms with Crippen molar-refractivity contribution in [3.8, 4) is 0 Å². The van der Waals surface area contributed by atoms with Crippen LogP contribution in [0.3, 0.4) is 0 Å². The van der Waals surface area contributed by atoms with Gasteiger partial charge in [-0.05, 0) is 56.0 Å². The van der Waals surface area contributed by atoms with E-state index < -0.39 is 0 Å². The summed E-state index contributed by atoms with van der Waals surface area (Å²) in [6, 6.07) is -0.000170. The Morgan fingerprint density at radius 1 is 1.41 bits per heavy atom. The van der Waals surface area contributed by atoms with E-state index in [1.165, 1.54) is 6.20 Å². The lowest BCUT2D eigenvalue weighted by Gasteiger charge is -2.47. The van der Waals surface area contributed by atoms with E-state index in [-0.39, 0.29) is 23.2 Å². The summed E-state index contributed by atoms with van der Waals surface area (Å²) in [5.41, 5.74) is 6.36. The van der Waals surface area contributed by atoms with Gasteiger partial charge in [-0.3, -0.25) is 4.79 Å². The van der Waals surface area contributed by atoms with Gasteiger partial charge in [0.25, 0.3) is 0 Å². The van der Waals surface area contributed by atoms with Crippen molar-refractivity contribution in [1.29, 1.82) is 0 Å². The minimum Gasteiger partial charge on any atom is -0.466 e. The van der Waals surface area contributed by atoms with Crippen LogP contribution in [0.4, 0.5) is 11.5 Å². The van der Waals surface area contributed by atoms with Gasteiger partial charge in [0.05, 0.1) is 24.4 Å². The molecule has 7 heteroatoms. The summed E-state index contributed by atoms with van der Waals surface area (Å²) in [5, 5.41) is 3.49. The molecule has 3 aliphatic carbocycles. The molecule has 3 N–H and O–H groups in total. The van der Waals surface area contributed by atoms with E-state index in [0.29, 0.717) is 29.9 Å². The van der Waals surface area contributed by atoms with Gasteiger partial charge in [-0.1, -0.05) is 0 Å². The predicted molar refractivity (Wildman–Crippen MR) is 84.4 cm³/mol. The summed E-state index contributed by atoms with van der Waals surface area (Å²) in [6.45, 7) is 2.24. The topological polar surface area (TPSA) is 90.1 Å². The molecule has 3 fully saturated rings. The van der Waals surface area contributed by atoms with Crippen LogP contribution in [-0.2, 0) is 9.53 Å². The van der Waals surface area contributed by atoms with Crippen molar-refractivity contribution in [3.05, 3.63) is 11.5 Å². The Kier molecular flexibility index (Phi) is 4.38. The van der Waals surface area contributed by atoms with Crippen molar-refractivity contribution >= 4 is 29.1 Å².